The molecule has 0 amide bonds. The number of hydrogen-bond acceptors (Lipinski definition) is 4. The fourth-order valence-electron chi connectivity index (χ4n) is 2.91. The molecule has 0 atom stereocenters. The number of aromatic nitrogens is 3. The van der Waals surface area contributed by atoms with Crippen molar-refractivity contribution in [3.05, 3.63) is 23.3 Å². The van der Waals surface area contributed by atoms with Crippen molar-refractivity contribution >= 4 is 11.3 Å². The van der Waals surface area contributed by atoms with Crippen LogP contribution in [0.4, 0.5) is 0 Å². The van der Waals surface area contributed by atoms with Gasteiger partial charge in [-0.1, -0.05) is 31.7 Å². The lowest BCUT2D eigenvalue weighted by molar-refractivity contribution is 0.348. The Labute approximate surface area is 117 Å². The van der Waals surface area contributed by atoms with Crippen LogP contribution < -0.4 is 5.73 Å². The van der Waals surface area contributed by atoms with Gasteiger partial charge in [-0.3, -0.25) is 4.68 Å². The van der Waals surface area contributed by atoms with Crippen LogP contribution in [0.1, 0.15) is 44.3 Å². The van der Waals surface area contributed by atoms with Crippen LogP contribution in [0.5, 0.6) is 0 Å². The Kier molecular flexibility index (Phi) is 3.41. The summed E-state index contributed by atoms with van der Waals surface area (Å²) in [5.74, 6) is 1.75. The largest absolute Gasteiger partial charge is 0.319 e. The first-order chi connectivity index (χ1) is 9.19. The maximum absolute atomic E-state index is 6.63. The fraction of sp³-hybridized carbons (Fsp3) is 0.571. The van der Waals surface area contributed by atoms with E-state index in [1.165, 1.54) is 25.7 Å². The molecule has 5 heteroatoms. The molecule has 102 valence electrons. The molecule has 0 radical (unpaired) electrons. The van der Waals surface area contributed by atoms with Crippen molar-refractivity contribution < 1.29 is 0 Å². The number of nitrogens with two attached hydrogens (primary N) is 1. The summed E-state index contributed by atoms with van der Waals surface area (Å²) in [7, 11) is 1.96. The third-order valence-electron chi connectivity index (χ3n) is 3.95. The second kappa shape index (κ2) is 5.06. The predicted octanol–water partition coefficient (Wildman–Crippen LogP) is 3.05. The Morgan fingerprint density at radius 1 is 1.26 bits per heavy atom. The smallest absolute Gasteiger partial charge is 0.191 e. The molecule has 0 unspecified atom stereocenters. The Balaban J connectivity index is 1.96. The van der Waals surface area contributed by atoms with E-state index in [4.69, 9.17) is 10.7 Å². The van der Waals surface area contributed by atoms with Gasteiger partial charge in [0, 0.05) is 7.05 Å². The zero-order chi connectivity index (χ0) is 13.3. The molecular weight excluding hydrogens is 256 g/mol. The van der Waals surface area contributed by atoms with Crippen molar-refractivity contribution in [1.82, 2.24) is 14.8 Å². The van der Waals surface area contributed by atoms with Gasteiger partial charge in [0.1, 0.15) is 5.82 Å². The van der Waals surface area contributed by atoms with Crippen molar-refractivity contribution in [1.29, 1.82) is 0 Å². The van der Waals surface area contributed by atoms with E-state index in [1.807, 2.05) is 17.8 Å². The third kappa shape index (κ3) is 2.44. The quantitative estimate of drug-likeness (QED) is 0.858. The van der Waals surface area contributed by atoms with E-state index in [1.54, 1.807) is 11.3 Å². The summed E-state index contributed by atoms with van der Waals surface area (Å²) < 4.78 is 1.88. The normalized spacial score (nSPS) is 19.3. The van der Waals surface area contributed by atoms with E-state index < -0.39 is 0 Å². The van der Waals surface area contributed by atoms with Gasteiger partial charge in [0.05, 0.1) is 10.4 Å². The monoisotopic (exact) mass is 276 g/mol. The highest BCUT2D eigenvalue weighted by molar-refractivity contribution is 7.13. The first-order valence-corrected chi connectivity index (χ1v) is 7.81. The first kappa shape index (κ1) is 12.8. The maximum atomic E-state index is 6.63. The zero-order valence-electron chi connectivity index (χ0n) is 11.3. The van der Waals surface area contributed by atoms with Crippen molar-refractivity contribution in [2.45, 2.75) is 44.1 Å². The van der Waals surface area contributed by atoms with E-state index in [-0.39, 0.29) is 5.54 Å². The van der Waals surface area contributed by atoms with Gasteiger partial charge in [0.15, 0.2) is 5.82 Å². The van der Waals surface area contributed by atoms with Crippen LogP contribution >= 0.6 is 11.3 Å². The standard InChI is InChI=1S/C14H20N4S/c1-18-13(14(15)8-4-2-3-5-9-14)16-12(17-18)11-7-6-10-19-11/h6-7,10H,2-5,8-9,15H2,1H3. The second-order valence-corrected chi connectivity index (χ2v) is 6.38. The molecule has 2 N–H and O–H groups in total. The predicted molar refractivity (Wildman–Crippen MR) is 77.9 cm³/mol. The summed E-state index contributed by atoms with van der Waals surface area (Å²) in [4.78, 5) is 5.84. The molecule has 2 aromatic heterocycles. The van der Waals surface area contributed by atoms with Crippen molar-refractivity contribution in [2.24, 2.45) is 12.8 Å². The molecule has 0 aliphatic heterocycles. The molecule has 0 saturated heterocycles. The first-order valence-electron chi connectivity index (χ1n) is 6.93. The zero-order valence-corrected chi connectivity index (χ0v) is 12.1. The van der Waals surface area contributed by atoms with Crippen LogP contribution in [0, 0.1) is 0 Å². The maximum Gasteiger partial charge on any atom is 0.191 e. The van der Waals surface area contributed by atoms with Gasteiger partial charge in [-0.05, 0) is 24.3 Å². The number of aryl methyl sites for hydroxylation is 1. The van der Waals surface area contributed by atoms with Gasteiger partial charge in [0.2, 0.25) is 0 Å². The fourth-order valence-corrected chi connectivity index (χ4v) is 3.56. The van der Waals surface area contributed by atoms with Gasteiger partial charge in [-0.25, -0.2) is 4.98 Å². The Bertz CT molecular complexity index is 536. The minimum absolute atomic E-state index is 0.298. The van der Waals surface area contributed by atoms with E-state index in [9.17, 15) is 0 Å². The van der Waals surface area contributed by atoms with Crippen LogP contribution in [-0.4, -0.2) is 14.8 Å². The molecule has 4 nitrogen and oxygen atoms in total. The number of thiophene rings is 1. The van der Waals surface area contributed by atoms with Crippen LogP contribution in [0.25, 0.3) is 10.7 Å². The van der Waals surface area contributed by atoms with Gasteiger partial charge in [-0.2, -0.15) is 5.10 Å². The molecule has 0 aromatic carbocycles. The number of nitrogens with zero attached hydrogens (tertiary/aromatic N) is 3. The summed E-state index contributed by atoms with van der Waals surface area (Å²) in [6.45, 7) is 0. The lowest BCUT2D eigenvalue weighted by atomic mass is 9.90. The average Bonchev–Trinajstić information content (AvgIpc) is 2.98. The van der Waals surface area contributed by atoms with Crippen molar-refractivity contribution in [3.8, 4) is 10.7 Å². The van der Waals surface area contributed by atoms with E-state index >= 15 is 0 Å². The average molecular weight is 276 g/mol. The summed E-state index contributed by atoms with van der Waals surface area (Å²) in [6.07, 6.45) is 6.99. The Morgan fingerprint density at radius 3 is 2.63 bits per heavy atom. The molecule has 3 rings (SSSR count). The van der Waals surface area contributed by atoms with Gasteiger partial charge >= 0.3 is 0 Å². The molecule has 0 bridgehead atoms. The van der Waals surface area contributed by atoms with Gasteiger partial charge in [0.25, 0.3) is 0 Å². The summed E-state index contributed by atoms with van der Waals surface area (Å²) >= 11 is 1.67. The molecule has 19 heavy (non-hydrogen) atoms. The molecule has 0 spiro atoms. The second-order valence-electron chi connectivity index (χ2n) is 5.43. The molecule has 1 saturated carbocycles. The Hall–Kier alpha value is -1.20. The van der Waals surface area contributed by atoms with E-state index in [0.29, 0.717) is 0 Å². The molecule has 1 fully saturated rings. The SMILES string of the molecule is Cn1nc(-c2cccs2)nc1C1(N)CCCCCC1. The van der Waals surface area contributed by atoms with Crippen LogP contribution in [0.3, 0.4) is 0 Å². The molecule has 2 aromatic rings. The molecular formula is C14H20N4S. The molecule has 2 heterocycles. The van der Waals surface area contributed by atoms with E-state index in [2.05, 4.69) is 16.5 Å². The highest BCUT2D eigenvalue weighted by Crippen LogP contribution is 2.33. The summed E-state index contributed by atoms with van der Waals surface area (Å²) in [6, 6.07) is 4.08. The summed E-state index contributed by atoms with van der Waals surface area (Å²) in [5.41, 5.74) is 6.33. The number of rotatable bonds is 2. The Morgan fingerprint density at radius 2 is 2.00 bits per heavy atom. The third-order valence-corrected chi connectivity index (χ3v) is 4.81. The lowest BCUT2D eigenvalue weighted by Gasteiger charge is -2.26. The van der Waals surface area contributed by atoms with Crippen LogP contribution in [-0.2, 0) is 12.6 Å². The minimum atomic E-state index is -0.298. The van der Waals surface area contributed by atoms with Crippen LogP contribution in [0.15, 0.2) is 17.5 Å². The van der Waals surface area contributed by atoms with Gasteiger partial charge in [-0.15, -0.1) is 11.3 Å². The van der Waals surface area contributed by atoms with Gasteiger partial charge < -0.3 is 5.73 Å². The molecule has 1 aliphatic carbocycles. The topological polar surface area (TPSA) is 56.7 Å². The van der Waals surface area contributed by atoms with Crippen LogP contribution in [0.2, 0.25) is 0 Å². The number of hydrogen-bond donors (Lipinski definition) is 1. The molecule has 1 aliphatic rings. The van der Waals surface area contributed by atoms with Crippen molar-refractivity contribution in [3.63, 3.8) is 0 Å². The minimum Gasteiger partial charge on any atom is -0.319 e. The lowest BCUT2D eigenvalue weighted by Crippen LogP contribution is -2.38. The summed E-state index contributed by atoms with van der Waals surface area (Å²) in [5, 5.41) is 6.59. The highest BCUT2D eigenvalue weighted by atomic mass is 32.1. The van der Waals surface area contributed by atoms with Crippen molar-refractivity contribution in [2.75, 3.05) is 0 Å². The van der Waals surface area contributed by atoms with E-state index in [0.717, 1.165) is 29.4 Å². The highest BCUT2D eigenvalue weighted by Gasteiger charge is 2.33.